The number of hydrogen-bond donors (Lipinski definition) is 1. The van der Waals surface area contributed by atoms with Gasteiger partial charge in [0.2, 0.25) is 10.0 Å². The van der Waals surface area contributed by atoms with Gasteiger partial charge in [-0.3, -0.25) is 4.79 Å². The molecule has 0 aliphatic rings. The third-order valence-corrected chi connectivity index (χ3v) is 4.68. The van der Waals surface area contributed by atoms with Gasteiger partial charge in [-0.25, -0.2) is 17.8 Å². The zero-order chi connectivity index (χ0) is 16.0. The zero-order valence-electron chi connectivity index (χ0n) is 12.5. The Bertz CT molecular complexity index is 701. The van der Waals surface area contributed by atoms with Crippen LogP contribution in [-0.2, 0) is 29.4 Å². The fourth-order valence-corrected chi connectivity index (χ4v) is 2.81. The minimum Gasteiger partial charge on any atom is -0.266 e. The Morgan fingerprint density at radius 1 is 1.33 bits per heavy atom. The first-order valence-electron chi connectivity index (χ1n) is 6.84. The Morgan fingerprint density at radius 2 is 2.00 bits per heavy atom. The molecule has 8 heteroatoms. The Labute approximate surface area is 124 Å². The summed E-state index contributed by atoms with van der Waals surface area (Å²) in [5.41, 5.74) is 1.06. The van der Waals surface area contributed by atoms with Gasteiger partial charge in [0, 0.05) is 6.54 Å². The summed E-state index contributed by atoms with van der Waals surface area (Å²) >= 11 is 0. The molecule has 0 aliphatic heterocycles. The highest BCUT2D eigenvalue weighted by Gasteiger charge is 2.15. The summed E-state index contributed by atoms with van der Waals surface area (Å²) in [6.45, 7) is 3.95. The standard InChI is InChI=1S/C13H20N4O3S/c1-4-10-11(9-14)13(18)17(16-12(10)5-2)7-6-8-21(19,20)15-3/h15H,4-8H2,1-3H3. The van der Waals surface area contributed by atoms with Gasteiger partial charge in [-0.2, -0.15) is 10.4 Å². The largest absolute Gasteiger partial charge is 0.284 e. The quantitative estimate of drug-likeness (QED) is 0.773. The second kappa shape index (κ2) is 7.33. The van der Waals surface area contributed by atoms with Gasteiger partial charge < -0.3 is 0 Å². The van der Waals surface area contributed by atoms with Crippen LogP contribution in [0.25, 0.3) is 0 Å². The number of sulfonamides is 1. The van der Waals surface area contributed by atoms with Gasteiger partial charge in [0.25, 0.3) is 5.56 Å². The summed E-state index contributed by atoms with van der Waals surface area (Å²) in [6.07, 6.45) is 1.45. The molecule has 1 aromatic heterocycles. The van der Waals surface area contributed by atoms with Crippen molar-refractivity contribution < 1.29 is 8.42 Å². The second-order valence-corrected chi connectivity index (χ2v) is 6.57. The molecule has 0 amide bonds. The highest BCUT2D eigenvalue weighted by atomic mass is 32.2. The molecule has 116 valence electrons. The summed E-state index contributed by atoms with van der Waals surface area (Å²) in [4.78, 5) is 12.2. The van der Waals surface area contributed by atoms with E-state index in [9.17, 15) is 18.5 Å². The number of aryl methyl sites for hydroxylation is 2. The Morgan fingerprint density at radius 3 is 2.48 bits per heavy atom. The van der Waals surface area contributed by atoms with Crippen LogP contribution in [0.2, 0.25) is 0 Å². The van der Waals surface area contributed by atoms with Crippen LogP contribution < -0.4 is 10.3 Å². The molecule has 1 aromatic rings. The van der Waals surface area contributed by atoms with E-state index >= 15 is 0 Å². The lowest BCUT2D eigenvalue weighted by Crippen LogP contribution is -2.30. The lowest BCUT2D eigenvalue weighted by Gasteiger charge is -2.11. The van der Waals surface area contributed by atoms with Crippen molar-refractivity contribution in [3.8, 4) is 6.07 Å². The molecule has 0 atom stereocenters. The molecule has 0 aromatic carbocycles. The number of rotatable bonds is 7. The lowest BCUT2D eigenvalue weighted by molar-refractivity contribution is 0.540. The predicted molar refractivity (Wildman–Crippen MR) is 79.4 cm³/mol. The van der Waals surface area contributed by atoms with Gasteiger partial charge in [0.05, 0.1) is 11.4 Å². The van der Waals surface area contributed by atoms with Crippen molar-refractivity contribution in [3.05, 3.63) is 27.2 Å². The molecule has 1 N–H and O–H groups in total. The molecule has 7 nitrogen and oxygen atoms in total. The van der Waals surface area contributed by atoms with E-state index < -0.39 is 15.6 Å². The second-order valence-electron chi connectivity index (χ2n) is 4.52. The summed E-state index contributed by atoms with van der Waals surface area (Å²) in [5, 5.41) is 13.4. The molecule has 0 saturated carbocycles. The van der Waals surface area contributed by atoms with Crippen molar-refractivity contribution in [2.45, 2.75) is 39.7 Å². The summed E-state index contributed by atoms with van der Waals surface area (Å²) in [5.74, 6) is -0.0868. The Kier molecular flexibility index (Phi) is 6.05. The van der Waals surface area contributed by atoms with Gasteiger partial charge >= 0.3 is 0 Å². The summed E-state index contributed by atoms with van der Waals surface area (Å²) < 4.78 is 26.1. The van der Waals surface area contributed by atoms with Crippen LogP contribution >= 0.6 is 0 Å². The van der Waals surface area contributed by atoms with Crippen molar-refractivity contribution in [1.29, 1.82) is 5.26 Å². The highest BCUT2D eigenvalue weighted by Crippen LogP contribution is 2.10. The molecule has 0 bridgehead atoms. The monoisotopic (exact) mass is 312 g/mol. The number of hydrogen-bond acceptors (Lipinski definition) is 5. The predicted octanol–water partition coefficient (Wildman–Crippen LogP) is 0.179. The molecule has 0 spiro atoms. The first kappa shape index (κ1) is 17.3. The lowest BCUT2D eigenvalue weighted by atomic mass is 10.0. The molecule has 0 fully saturated rings. The molecule has 21 heavy (non-hydrogen) atoms. The van der Waals surface area contributed by atoms with Crippen molar-refractivity contribution in [2.24, 2.45) is 0 Å². The van der Waals surface area contributed by atoms with E-state index in [-0.39, 0.29) is 24.3 Å². The Hall–Kier alpha value is -1.72. The highest BCUT2D eigenvalue weighted by molar-refractivity contribution is 7.89. The minimum absolute atomic E-state index is 0.0868. The summed E-state index contributed by atoms with van der Waals surface area (Å²) in [6, 6.07) is 1.94. The molecule has 0 saturated heterocycles. The van der Waals surface area contributed by atoms with E-state index in [0.29, 0.717) is 24.1 Å². The SMILES string of the molecule is CCc1nn(CCCS(=O)(=O)NC)c(=O)c(C#N)c1CC. The number of nitrogens with one attached hydrogen (secondary N) is 1. The molecule has 1 rings (SSSR count). The van der Waals surface area contributed by atoms with Crippen molar-refractivity contribution in [1.82, 2.24) is 14.5 Å². The van der Waals surface area contributed by atoms with Crippen LogP contribution in [0, 0.1) is 11.3 Å². The average molecular weight is 312 g/mol. The normalized spacial score (nSPS) is 11.3. The molecule has 0 aliphatic carbocycles. The van der Waals surface area contributed by atoms with Gasteiger partial charge in [0.15, 0.2) is 0 Å². The van der Waals surface area contributed by atoms with Crippen molar-refractivity contribution in [3.63, 3.8) is 0 Å². The van der Waals surface area contributed by atoms with Crippen LogP contribution in [-0.4, -0.2) is 31.0 Å². The maximum Gasteiger partial charge on any atom is 0.284 e. The maximum absolute atomic E-state index is 12.2. The molecular weight excluding hydrogens is 292 g/mol. The number of aromatic nitrogens is 2. The van der Waals surface area contributed by atoms with E-state index in [4.69, 9.17) is 0 Å². The van der Waals surface area contributed by atoms with Gasteiger partial charge in [-0.05, 0) is 31.9 Å². The van der Waals surface area contributed by atoms with Crippen LogP contribution in [0.4, 0.5) is 0 Å². The Balaban J connectivity index is 3.10. The van der Waals surface area contributed by atoms with Crippen LogP contribution in [0.5, 0.6) is 0 Å². The molecule has 1 heterocycles. The number of nitrogens with zero attached hydrogens (tertiary/aromatic N) is 3. The van der Waals surface area contributed by atoms with Crippen LogP contribution in [0.15, 0.2) is 4.79 Å². The fraction of sp³-hybridized carbons (Fsp3) is 0.615. The van der Waals surface area contributed by atoms with E-state index in [1.807, 2.05) is 19.9 Å². The van der Waals surface area contributed by atoms with Crippen LogP contribution in [0.1, 0.15) is 37.1 Å². The molecule has 0 radical (unpaired) electrons. The van der Waals surface area contributed by atoms with Crippen molar-refractivity contribution in [2.75, 3.05) is 12.8 Å². The third kappa shape index (κ3) is 4.12. The fourth-order valence-electron chi connectivity index (χ4n) is 2.09. The third-order valence-electron chi connectivity index (χ3n) is 3.23. The topological polar surface area (TPSA) is 105 Å². The molecule has 0 unspecified atom stereocenters. The molecular formula is C13H20N4O3S. The van der Waals surface area contributed by atoms with Gasteiger partial charge in [0.1, 0.15) is 11.6 Å². The zero-order valence-corrected chi connectivity index (χ0v) is 13.3. The maximum atomic E-state index is 12.2. The van der Waals surface area contributed by atoms with Gasteiger partial charge in [-0.15, -0.1) is 0 Å². The first-order chi connectivity index (χ1) is 9.90. The first-order valence-corrected chi connectivity index (χ1v) is 8.49. The summed E-state index contributed by atoms with van der Waals surface area (Å²) in [7, 11) is -1.96. The average Bonchev–Trinajstić information content (AvgIpc) is 2.47. The van der Waals surface area contributed by atoms with E-state index in [1.54, 1.807) is 0 Å². The van der Waals surface area contributed by atoms with E-state index in [2.05, 4.69) is 9.82 Å². The number of nitriles is 1. The van der Waals surface area contributed by atoms with E-state index in [0.717, 1.165) is 0 Å². The van der Waals surface area contributed by atoms with Crippen molar-refractivity contribution >= 4 is 10.0 Å². The van der Waals surface area contributed by atoms with Gasteiger partial charge in [-0.1, -0.05) is 13.8 Å². The minimum atomic E-state index is -3.30. The van der Waals surface area contributed by atoms with Crippen LogP contribution in [0.3, 0.4) is 0 Å². The van der Waals surface area contributed by atoms with E-state index in [1.165, 1.54) is 11.7 Å². The smallest absolute Gasteiger partial charge is 0.266 e.